The fourth-order valence-corrected chi connectivity index (χ4v) is 4.06. The summed E-state index contributed by atoms with van der Waals surface area (Å²) in [6.07, 6.45) is 11.7. The first kappa shape index (κ1) is 24.8. The van der Waals surface area contributed by atoms with E-state index in [1.807, 2.05) is 0 Å². The first-order valence-electron chi connectivity index (χ1n) is 9.94. The molecule has 0 radical (unpaired) electrons. The average Bonchev–Trinajstić information content (AvgIpc) is 2.53. The van der Waals surface area contributed by atoms with Gasteiger partial charge >= 0.3 is 0 Å². The topological polar surface area (TPSA) is 98.7 Å². The third kappa shape index (κ3) is 11.2. The van der Waals surface area contributed by atoms with Gasteiger partial charge in [0, 0.05) is 13.0 Å². The summed E-state index contributed by atoms with van der Waals surface area (Å²) in [6, 6.07) is 0. The number of hydrazine groups is 1. The Hall–Kier alpha value is -0.210. The van der Waals surface area contributed by atoms with E-state index in [1.165, 1.54) is 58.3 Å². The summed E-state index contributed by atoms with van der Waals surface area (Å²) >= 11 is 0. The van der Waals surface area contributed by atoms with E-state index in [0.29, 0.717) is 6.54 Å². The minimum Gasteiger partial charge on any atom is -0.393 e. The molecule has 0 saturated carbocycles. The molecule has 7 heteroatoms. The van der Waals surface area contributed by atoms with Gasteiger partial charge in [0.15, 0.2) is 4.87 Å². The lowest BCUT2D eigenvalue weighted by Gasteiger charge is -2.32. The summed E-state index contributed by atoms with van der Waals surface area (Å²) < 4.78 is 32.9. The monoisotopic (exact) mass is 380 g/mol. The van der Waals surface area contributed by atoms with Crippen LogP contribution in [-0.4, -0.2) is 35.6 Å². The molecule has 0 aromatic rings. The fraction of sp³-hybridized carbons (Fsp3) is 1.00. The van der Waals surface area contributed by atoms with Gasteiger partial charge in [-0.2, -0.15) is 8.42 Å². The highest BCUT2D eigenvalue weighted by Crippen LogP contribution is 2.23. The molecule has 2 unspecified atom stereocenters. The van der Waals surface area contributed by atoms with Crippen molar-refractivity contribution in [3.8, 4) is 0 Å². The van der Waals surface area contributed by atoms with Gasteiger partial charge in [0.2, 0.25) is 0 Å². The third-order valence-corrected chi connectivity index (χ3v) is 6.21. The summed E-state index contributed by atoms with van der Waals surface area (Å²) in [5.41, 5.74) is 5.65. The molecule has 0 heterocycles. The molecule has 0 aromatic heterocycles. The Morgan fingerprint density at radius 3 is 1.80 bits per heavy atom. The van der Waals surface area contributed by atoms with Gasteiger partial charge in [-0.05, 0) is 19.8 Å². The largest absolute Gasteiger partial charge is 0.393 e. The van der Waals surface area contributed by atoms with E-state index >= 15 is 0 Å². The van der Waals surface area contributed by atoms with Crippen LogP contribution in [0.4, 0.5) is 0 Å². The number of hydrogen-bond acceptors (Lipinski definition) is 5. The van der Waals surface area contributed by atoms with Crippen LogP contribution in [0.2, 0.25) is 0 Å². The van der Waals surface area contributed by atoms with Crippen LogP contribution in [0.3, 0.4) is 0 Å². The molecule has 0 aliphatic heterocycles. The molecule has 6 nitrogen and oxygen atoms in total. The van der Waals surface area contributed by atoms with Crippen molar-refractivity contribution in [1.82, 2.24) is 10.9 Å². The van der Waals surface area contributed by atoms with E-state index in [1.54, 1.807) is 6.92 Å². The van der Waals surface area contributed by atoms with Gasteiger partial charge in [-0.1, -0.05) is 71.6 Å². The molecule has 4 N–H and O–H groups in total. The summed E-state index contributed by atoms with van der Waals surface area (Å²) in [5.74, 6) is 0. The van der Waals surface area contributed by atoms with Crippen molar-refractivity contribution in [2.45, 2.75) is 109 Å². The average molecular weight is 381 g/mol. The molecule has 152 valence electrons. The number of aliphatic hydroxyl groups is 1. The van der Waals surface area contributed by atoms with Crippen LogP contribution in [0.1, 0.15) is 97.8 Å². The van der Waals surface area contributed by atoms with Crippen LogP contribution < -0.4 is 10.9 Å². The fourth-order valence-electron chi connectivity index (χ4n) is 3.04. The summed E-state index contributed by atoms with van der Waals surface area (Å²) in [4.78, 5) is -1.54. The standard InChI is InChI=1S/C18H40N2O4S/c1-4-6-7-8-9-10-11-12-13-14-15-19-20-18(5-2,16-17(3)21)25(22,23)24/h17,19-21H,4-16H2,1-3H3,(H,22,23,24). The maximum Gasteiger partial charge on any atom is 0.285 e. The molecule has 0 bridgehead atoms. The molecule has 0 amide bonds. The molecule has 0 aromatic carbocycles. The zero-order chi connectivity index (χ0) is 19.2. The Labute approximate surface area is 154 Å². The van der Waals surface area contributed by atoms with Gasteiger partial charge < -0.3 is 5.11 Å². The van der Waals surface area contributed by atoms with Gasteiger partial charge in [-0.15, -0.1) is 0 Å². The molecule has 0 spiro atoms. The Bertz CT molecular complexity index is 415. The van der Waals surface area contributed by atoms with Crippen LogP contribution in [0.5, 0.6) is 0 Å². The van der Waals surface area contributed by atoms with E-state index in [0.717, 1.165) is 12.8 Å². The Kier molecular flexibility index (Phi) is 13.8. The first-order valence-corrected chi connectivity index (χ1v) is 11.4. The van der Waals surface area contributed by atoms with Crippen LogP contribution in [-0.2, 0) is 10.1 Å². The molecule has 25 heavy (non-hydrogen) atoms. The molecular weight excluding hydrogens is 340 g/mol. The normalized spacial score (nSPS) is 15.9. The Balaban J connectivity index is 3.86. The molecule has 2 atom stereocenters. The van der Waals surface area contributed by atoms with Crippen molar-refractivity contribution in [3.63, 3.8) is 0 Å². The van der Waals surface area contributed by atoms with E-state index in [9.17, 15) is 18.1 Å². The highest BCUT2D eigenvalue weighted by molar-refractivity contribution is 7.87. The van der Waals surface area contributed by atoms with E-state index < -0.39 is 21.1 Å². The number of unbranched alkanes of at least 4 members (excludes halogenated alkanes) is 9. The van der Waals surface area contributed by atoms with Crippen LogP contribution in [0, 0.1) is 0 Å². The van der Waals surface area contributed by atoms with Crippen molar-refractivity contribution >= 4 is 10.1 Å². The van der Waals surface area contributed by atoms with Gasteiger partial charge in [-0.3, -0.25) is 9.98 Å². The van der Waals surface area contributed by atoms with Crippen LogP contribution >= 0.6 is 0 Å². The molecular formula is C18H40N2O4S. The Morgan fingerprint density at radius 2 is 1.40 bits per heavy atom. The van der Waals surface area contributed by atoms with Gasteiger partial charge in [-0.25, -0.2) is 5.43 Å². The SMILES string of the molecule is CCCCCCCCCCCCNNC(CC)(CC(C)O)S(=O)(=O)O. The molecule has 0 aliphatic carbocycles. The second-order valence-corrected chi connectivity index (χ2v) is 8.84. The minimum absolute atomic E-state index is 0.0621. The second-order valence-electron chi connectivity index (χ2n) is 7.11. The Morgan fingerprint density at radius 1 is 0.920 bits per heavy atom. The lowest BCUT2D eigenvalue weighted by molar-refractivity contribution is 0.146. The molecule has 0 saturated heterocycles. The lowest BCUT2D eigenvalue weighted by Crippen LogP contribution is -2.58. The van der Waals surface area contributed by atoms with Crippen LogP contribution in [0.25, 0.3) is 0 Å². The van der Waals surface area contributed by atoms with Crippen molar-refractivity contribution in [1.29, 1.82) is 0 Å². The smallest absolute Gasteiger partial charge is 0.285 e. The number of hydrogen-bond donors (Lipinski definition) is 4. The zero-order valence-electron chi connectivity index (χ0n) is 16.4. The lowest BCUT2D eigenvalue weighted by atomic mass is 10.1. The van der Waals surface area contributed by atoms with Gasteiger partial charge in [0.05, 0.1) is 6.10 Å². The first-order chi connectivity index (χ1) is 11.8. The second kappa shape index (κ2) is 13.9. The zero-order valence-corrected chi connectivity index (χ0v) is 17.2. The maximum atomic E-state index is 11.7. The predicted octanol–water partition coefficient (Wildman–Crippen LogP) is 3.77. The van der Waals surface area contributed by atoms with Gasteiger partial charge in [0.1, 0.15) is 0 Å². The summed E-state index contributed by atoms with van der Waals surface area (Å²) in [7, 11) is -4.32. The van der Waals surface area contributed by atoms with E-state index in [4.69, 9.17) is 0 Å². The van der Waals surface area contributed by atoms with Gasteiger partial charge in [0.25, 0.3) is 10.1 Å². The maximum absolute atomic E-state index is 11.7. The van der Waals surface area contributed by atoms with E-state index in [-0.39, 0.29) is 12.8 Å². The van der Waals surface area contributed by atoms with Crippen LogP contribution in [0.15, 0.2) is 0 Å². The molecule has 0 rings (SSSR count). The number of aliphatic hydroxyl groups excluding tert-OH is 1. The van der Waals surface area contributed by atoms with Crippen molar-refractivity contribution in [3.05, 3.63) is 0 Å². The third-order valence-electron chi connectivity index (χ3n) is 4.66. The van der Waals surface area contributed by atoms with Crippen molar-refractivity contribution in [2.24, 2.45) is 0 Å². The van der Waals surface area contributed by atoms with E-state index in [2.05, 4.69) is 17.8 Å². The highest BCUT2D eigenvalue weighted by atomic mass is 32.2. The summed E-state index contributed by atoms with van der Waals surface area (Å²) in [5, 5.41) is 9.53. The van der Waals surface area contributed by atoms with Crippen molar-refractivity contribution in [2.75, 3.05) is 6.54 Å². The summed E-state index contributed by atoms with van der Waals surface area (Å²) in [6.45, 7) is 6.05. The highest BCUT2D eigenvalue weighted by Gasteiger charge is 2.42. The quantitative estimate of drug-likeness (QED) is 0.174. The molecule has 0 fully saturated rings. The number of rotatable bonds is 17. The van der Waals surface area contributed by atoms with Crippen molar-refractivity contribution < 1.29 is 18.1 Å². The predicted molar refractivity (Wildman–Crippen MR) is 104 cm³/mol. The minimum atomic E-state index is -4.32. The number of nitrogens with one attached hydrogen (secondary N) is 2. The molecule has 0 aliphatic rings.